The molecule has 210 valence electrons. The number of para-hydroxylation sites is 2. The number of rotatable bonds is 8. The number of hydrogen-bond acceptors (Lipinski definition) is 6. The first kappa shape index (κ1) is 28.4. The lowest BCUT2D eigenvalue weighted by Gasteiger charge is -2.39. The van der Waals surface area contributed by atoms with E-state index in [1.54, 1.807) is 23.1 Å². The second-order valence-electron chi connectivity index (χ2n) is 10.0. The van der Waals surface area contributed by atoms with Crippen molar-refractivity contribution in [1.82, 2.24) is 4.90 Å². The number of fused-ring (bicyclic) bond motifs is 1. The summed E-state index contributed by atoms with van der Waals surface area (Å²) in [6.45, 7) is 6.04. The van der Waals surface area contributed by atoms with Crippen LogP contribution in [0.3, 0.4) is 0 Å². The number of amidine groups is 1. The van der Waals surface area contributed by atoms with Gasteiger partial charge in [0.2, 0.25) is 6.10 Å². The highest BCUT2D eigenvalue weighted by molar-refractivity contribution is 6.01. The van der Waals surface area contributed by atoms with Crippen LogP contribution >= 0.6 is 0 Å². The van der Waals surface area contributed by atoms with Gasteiger partial charge in [-0.2, -0.15) is 13.2 Å². The highest BCUT2D eigenvalue weighted by Gasteiger charge is 2.42. The molecule has 2 heterocycles. The Morgan fingerprint density at radius 1 is 1.08 bits per heavy atom. The monoisotopic (exact) mass is 546 g/mol. The van der Waals surface area contributed by atoms with Crippen molar-refractivity contribution < 1.29 is 32.3 Å². The van der Waals surface area contributed by atoms with Gasteiger partial charge in [-0.1, -0.05) is 41.9 Å². The highest BCUT2D eigenvalue weighted by Crippen LogP contribution is 2.39. The maximum absolute atomic E-state index is 13.6. The number of alkyl halides is 3. The summed E-state index contributed by atoms with van der Waals surface area (Å²) in [5, 5.41) is 3.10. The number of piperidine rings is 1. The smallest absolute Gasteiger partial charge is 0.474 e. The van der Waals surface area contributed by atoms with E-state index in [1.165, 1.54) is 31.4 Å². The number of benzene rings is 2. The fourth-order valence-electron chi connectivity index (χ4n) is 5.19. The average molecular weight is 547 g/mol. The van der Waals surface area contributed by atoms with E-state index in [0.29, 0.717) is 35.6 Å². The third kappa shape index (κ3) is 6.70. The van der Waals surface area contributed by atoms with Crippen LogP contribution in [0.25, 0.3) is 0 Å². The number of halogens is 3. The van der Waals surface area contributed by atoms with Crippen LogP contribution in [0.1, 0.15) is 63.2 Å². The summed E-state index contributed by atoms with van der Waals surface area (Å²) >= 11 is 0. The van der Waals surface area contributed by atoms with Gasteiger partial charge in [-0.25, -0.2) is 4.79 Å². The molecule has 3 atom stereocenters. The third-order valence-corrected chi connectivity index (χ3v) is 7.26. The minimum absolute atomic E-state index is 0.175. The molecule has 1 saturated heterocycles. The van der Waals surface area contributed by atoms with Gasteiger partial charge in [0.05, 0.1) is 5.69 Å². The van der Waals surface area contributed by atoms with E-state index < -0.39 is 24.1 Å². The summed E-state index contributed by atoms with van der Waals surface area (Å²) in [6.07, 6.45) is -0.752. The number of amides is 1. The molecular formula is C28H33F3N4O4. The number of nitrogens with zero attached hydrogens (tertiary/aromatic N) is 3. The van der Waals surface area contributed by atoms with Crippen LogP contribution in [0.15, 0.2) is 53.7 Å². The molecular weight excluding hydrogens is 513 g/mol. The first-order valence-electron chi connectivity index (χ1n) is 13.1. The molecule has 39 heavy (non-hydrogen) atoms. The van der Waals surface area contributed by atoms with Crippen molar-refractivity contribution in [3.05, 3.63) is 59.7 Å². The lowest BCUT2D eigenvalue weighted by molar-refractivity contribution is -0.199. The van der Waals surface area contributed by atoms with Crippen LogP contribution in [0.2, 0.25) is 0 Å². The Morgan fingerprint density at radius 3 is 2.49 bits per heavy atom. The topological polar surface area (TPSA) is 97.5 Å². The molecule has 0 aliphatic carbocycles. The van der Waals surface area contributed by atoms with E-state index in [4.69, 9.17) is 10.5 Å². The molecule has 2 aliphatic rings. The summed E-state index contributed by atoms with van der Waals surface area (Å²) in [4.78, 5) is 32.8. The molecule has 0 bridgehead atoms. The molecule has 0 aromatic heterocycles. The summed E-state index contributed by atoms with van der Waals surface area (Å²) in [7, 11) is 0. The van der Waals surface area contributed by atoms with E-state index >= 15 is 0 Å². The zero-order valence-corrected chi connectivity index (χ0v) is 22.0. The van der Waals surface area contributed by atoms with Crippen molar-refractivity contribution in [1.29, 1.82) is 0 Å². The number of carbonyl (C=O) groups excluding carboxylic acids is 2. The number of oxime groups is 1. The third-order valence-electron chi connectivity index (χ3n) is 7.26. The molecule has 1 unspecified atom stereocenters. The van der Waals surface area contributed by atoms with Gasteiger partial charge in [0.1, 0.15) is 5.75 Å². The second kappa shape index (κ2) is 12.1. The Labute approximate surface area is 225 Å². The van der Waals surface area contributed by atoms with E-state index in [9.17, 15) is 22.8 Å². The van der Waals surface area contributed by atoms with Crippen molar-refractivity contribution in [3.8, 4) is 5.75 Å². The molecule has 8 nitrogen and oxygen atoms in total. The van der Waals surface area contributed by atoms with Gasteiger partial charge in [0.15, 0.2) is 5.84 Å². The van der Waals surface area contributed by atoms with Gasteiger partial charge in [-0.15, -0.1) is 0 Å². The van der Waals surface area contributed by atoms with Crippen LogP contribution in [0.5, 0.6) is 5.75 Å². The number of unbranched alkanes of at least 4 members (excludes halogenated alkanes) is 1. The zero-order valence-electron chi connectivity index (χ0n) is 22.0. The Morgan fingerprint density at radius 2 is 1.77 bits per heavy atom. The Kier molecular flexibility index (Phi) is 8.79. The standard InChI is InChI=1S/C28H33F3N4O4/c1-18-9-7-10-19(2)34(18)15-5-6-16-35-22-13-3-4-14-23(22)38-24(26(35)36)20-11-8-12-21(17-20)25(32)33-39-27(37)28(29,30)31/h3-4,8,11-14,17-19,24H,5-7,9-10,15-16H2,1-2H3,(H2,32,33)/t18-,19+,24?. The summed E-state index contributed by atoms with van der Waals surface area (Å²) in [6, 6.07) is 14.6. The van der Waals surface area contributed by atoms with Gasteiger partial charge in [-0.05, 0) is 64.3 Å². The SMILES string of the molecule is C[C@@H]1CCC[C@H](C)N1CCCCN1C(=O)C(c2cccc(/C(N)=N/OC(=O)C(F)(F)F)c2)Oc2ccccc21. The van der Waals surface area contributed by atoms with Crippen LogP contribution in [0.4, 0.5) is 18.9 Å². The zero-order chi connectivity index (χ0) is 28.2. The van der Waals surface area contributed by atoms with Crippen LogP contribution in [-0.2, 0) is 14.4 Å². The number of carbonyl (C=O) groups is 2. The fourth-order valence-corrected chi connectivity index (χ4v) is 5.19. The minimum Gasteiger partial charge on any atom is -0.474 e. The maximum atomic E-state index is 13.6. The molecule has 1 amide bonds. The summed E-state index contributed by atoms with van der Waals surface area (Å²) < 4.78 is 43.3. The lowest BCUT2D eigenvalue weighted by Crippen LogP contribution is -2.44. The van der Waals surface area contributed by atoms with E-state index in [-0.39, 0.29) is 11.5 Å². The predicted octanol–water partition coefficient (Wildman–Crippen LogP) is 4.92. The molecule has 2 aromatic rings. The number of likely N-dealkylation sites (tertiary alicyclic amines) is 1. The van der Waals surface area contributed by atoms with Crippen LogP contribution < -0.4 is 15.4 Å². The van der Waals surface area contributed by atoms with Crippen molar-refractivity contribution in [2.24, 2.45) is 10.9 Å². The summed E-state index contributed by atoms with van der Waals surface area (Å²) in [5.41, 5.74) is 7.05. The predicted molar refractivity (Wildman–Crippen MR) is 140 cm³/mol. The molecule has 1 fully saturated rings. The van der Waals surface area contributed by atoms with Gasteiger partial charge in [0, 0.05) is 29.8 Å². The van der Waals surface area contributed by atoms with E-state index in [1.807, 2.05) is 18.2 Å². The molecule has 4 rings (SSSR count). The number of nitrogens with two attached hydrogens (primary N) is 1. The quantitative estimate of drug-likeness (QED) is 0.166. The van der Waals surface area contributed by atoms with Crippen molar-refractivity contribution in [2.45, 2.75) is 70.3 Å². The summed E-state index contributed by atoms with van der Waals surface area (Å²) in [5.74, 6) is -2.64. The van der Waals surface area contributed by atoms with Gasteiger partial charge in [0.25, 0.3) is 5.91 Å². The molecule has 2 aliphatic heterocycles. The molecule has 11 heteroatoms. The molecule has 0 spiro atoms. The molecule has 0 saturated carbocycles. The first-order valence-corrected chi connectivity index (χ1v) is 13.1. The second-order valence-corrected chi connectivity index (χ2v) is 10.0. The number of ether oxygens (including phenoxy) is 1. The van der Waals surface area contributed by atoms with Gasteiger partial charge >= 0.3 is 12.1 Å². The first-order chi connectivity index (χ1) is 18.6. The minimum atomic E-state index is -5.20. The van der Waals surface area contributed by atoms with Crippen LogP contribution in [-0.4, -0.2) is 54.0 Å². The maximum Gasteiger partial charge on any atom is 0.493 e. The van der Waals surface area contributed by atoms with Crippen molar-refractivity contribution >= 4 is 23.4 Å². The largest absolute Gasteiger partial charge is 0.493 e. The Bertz CT molecular complexity index is 1210. The van der Waals surface area contributed by atoms with Crippen molar-refractivity contribution in [2.75, 3.05) is 18.0 Å². The average Bonchev–Trinajstić information content (AvgIpc) is 2.91. The van der Waals surface area contributed by atoms with E-state index in [0.717, 1.165) is 19.4 Å². The van der Waals surface area contributed by atoms with Crippen molar-refractivity contribution in [3.63, 3.8) is 0 Å². The number of hydrogen-bond donors (Lipinski definition) is 1. The Balaban J connectivity index is 1.48. The van der Waals surface area contributed by atoms with Crippen LogP contribution in [0, 0.1) is 0 Å². The fraction of sp³-hybridized carbons (Fsp3) is 0.464. The molecule has 0 radical (unpaired) electrons. The highest BCUT2D eigenvalue weighted by atomic mass is 19.4. The lowest BCUT2D eigenvalue weighted by atomic mass is 9.97. The van der Waals surface area contributed by atoms with Gasteiger partial charge < -0.3 is 20.2 Å². The normalized spacial score (nSPS) is 22.3. The Hall–Kier alpha value is -3.60. The van der Waals surface area contributed by atoms with Gasteiger partial charge in [-0.3, -0.25) is 9.69 Å². The molecule has 2 aromatic carbocycles. The number of anilines is 1. The molecule has 2 N–H and O–H groups in total. The van der Waals surface area contributed by atoms with E-state index in [2.05, 4.69) is 28.7 Å².